The van der Waals surface area contributed by atoms with E-state index in [1.54, 1.807) is 0 Å². The molecule has 0 unspecified atom stereocenters. The number of nitrogens with zero attached hydrogens (tertiary/aromatic N) is 2. The Morgan fingerprint density at radius 3 is 1.44 bits per heavy atom. The van der Waals surface area contributed by atoms with E-state index in [0.29, 0.717) is 5.82 Å². The smallest absolute Gasteiger partial charge is 0.161 e. The monoisotopic (exact) mass is 812 g/mol. The van der Waals surface area contributed by atoms with Crippen molar-refractivity contribution in [1.82, 2.24) is 9.97 Å². The number of fused-ring (bicyclic) bond motifs is 5. The lowest BCUT2D eigenvalue weighted by molar-refractivity contribution is 1.19. The first kappa shape index (κ1) is 37.3. The van der Waals surface area contributed by atoms with E-state index in [1.807, 2.05) is 6.07 Å². The number of benzene rings is 11. The number of hydrogen-bond acceptors (Lipinski definition) is 2. The largest absolute Gasteiger partial charge is 0.228 e. The van der Waals surface area contributed by atoms with Crippen LogP contribution in [-0.2, 0) is 0 Å². The zero-order valence-electron chi connectivity index (χ0n) is 35.0. The van der Waals surface area contributed by atoms with Crippen LogP contribution in [0.3, 0.4) is 0 Å². The average molecular weight is 813 g/mol. The van der Waals surface area contributed by atoms with Gasteiger partial charge in [0.15, 0.2) is 5.82 Å². The fraction of sp³-hybridized carbons (Fsp3) is 0. The van der Waals surface area contributed by atoms with Crippen LogP contribution in [0.5, 0.6) is 0 Å². The fourth-order valence-corrected chi connectivity index (χ4v) is 9.51. The van der Waals surface area contributed by atoms with Gasteiger partial charge < -0.3 is 0 Å². The third kappa shape index (κ3) is 6.70. The van der Waals surface area contributed by atoms with E-state index in [0.717, 1.165) is 50.0 Å². The summed E-state index contributed by atoms with van der Waals surface area (Å²) in [6, 6.07) is 87.1. The predicted molar refractivity (Wildman–Crippen MR) is 270 cm³/mol. The van der Waals surface area contributed by atoms with Crippen LogP contribution in [0.1, 0.15) is 0 Å². The van der Waals surface area contributed by atoms with E-state index in [9.17, 15) is 0 Å². The van der Waals surface area contributed by atoms with E-state index in [2.05, 4.69) is 237 Å². The van der Waals surface area contributed by atoms with Crippen LogP contribution < -0.4 is 0 Å². The molecule has 2 heteroatoms. The second-order valence-corrected chi connectivity index (χ2v) is 16.5. The zero-order chi connectivity index (χ0) is 42.4. The first-order valence-electron chi connectivity index (χ1n) is 21.9. The van der Waals surface area contributed by atoms with Gasteiger partial charge in [0.1, 0.15) is 0 Å². The molecule has 2 nitrogen and oxygen atoms in total. The highest BCUT2D eigenvalue weighted by atomic mass is 14.9. The molecule has 12 rings (SSSR count). The Hall–Kier alpha value is -8.46. The van der Waals surface area contributed by atoms with Crippen molar-refractivity contribution >= 4 is 43.1 Å². The van der Waals surface area contributed by atoms with Gasteiger partial charge in [-0.25, -0.2) is 9.97 Å². The molecule has 0 spiro atoms. The maximum atomic E-state index is 5.29. The van der Waals surface area contributed by atoms with Crippen molar-refractivity contribution in [2.45, 2.75) is 0 Å². The summed E-state index contributed by atoms with van der Waals surface area (Å²) in [5.74, 6) is 0.702. The molecule has 0 atom stereocenters. The van der Waals surface area contributed by atoms with Gasteiger partial charge in [-0.3, -0.25) is 0 Å². The predicted octanol–water partition coefficient (Wildman–Crippen LogP) is 16.8. The molecule has 0 bridgehead atoms. The van der Waals surface area contributed by atoms with Crippen molar-refractivity contribution < 1.29 is 0 Å². The molecule has 0 saturated heterocycles. The molecule has 0 fully saturated rings. The third-order valence-corrected chi connectivity index (χ3v) is 12.7. The SMILES string of the molecule is c1ccc(-c2cccc(-c3cc(-c4ccccc4)nc(-c4ccc(-c5ccc(-c6ccc(-c7c8ccccc8cc8c7ccc7ccccc78)cc6)cc5)c5ccccc45)n3)c2)cc1. The van der Waals surface area contributed by atoms with Crippen molar-refractivity contribution in [2.75, 3.05) is 0 Å². The van der Waals surface area contributed by atoms with E-state index in [4.69, 9.17) is 9.97 Å². The van der Waals surface area contributed by atoms with Crippen molar-refractivity contribution in [3.05, 3.63) is 243 Å². The van der Waals surface area contributed by atoms with Gasteiger partial charge in [-0.15, -0.1) is 0 Å². The normalized spacial score (nSPS) is 11.4. The molecule has 0 N–H and O–H groups in total. The topological polar surface area (TPSA) is 25.8 Å². The van der Waals surface area contributed by atoms with Crippen LogP contribution in [0.2, 0.25) is 0 Å². The quantitative estimate of drug-likeness (QED) is 0.118. The van der Waals surface area contributed by atoms with Crippen molar-refractivity contribution in [3.63, 3.8) is 0 Å². The van der Waals surface area contributed by atoms with Gasteiger partial charge in [-0.1, -0.05) is 218 Å². The highest BCUT2D eigenvalue weighted by Gasteiger charge is 2.17. The Bertz CT molecular complexity index is 3690. The van der Waals surface area contributed by atoms with E-state index >= 15 is 0 Å². The first-order valence-corrected chi connectivity index (χ1v) is 21.9. The van der Waals surface area contributed by atoms with Gasteiger partial charge in [-0.05, 0) is 112 Å². The molecule has 0 aliphatic rings. The Labute approximate surface area is 372 Å². The average Bonchev–Trinajstić information content (AvgIpc) is 3.38. The molecule has 0 aliphatic carbocycles. The fourth-order valence-electron chi connectivity index (χ4n) is 9.51. The van der Waals surface area contributed by atoms with Gasteiger partial charge in [0.05, 0.1) is 11.4 Å². The van der Waals surface area contributed by atoms with Crippen LogP contribution in [0.15, 0.2) is 243 Å². The van der Waals surface area contributed by atoms with Crippen LogP contribution in [0.4, 0.5) is 0 Å². The Kier molecular flexibility index (Phi) is 9.20. The van der Waals surface area contributed by atoms with Gasteiger partial charge in [0.25, 0.3) is 0 Å². The van der Waals surface area contributed by atoms with Crippen LogP contribution in [-0.4, -0.2) is 9.97 Å². The van der Waals surface area contributed by atoms with E-state index in [1.165, 1.54) is 65.7 Å². The summed E-state index contributed by atoms with van der Waals surface area (Å²) in [4.78, 5) is 10.5. The molecule has 1 aromatic heterocycles. The lowest BCUT2D eigenvalue weighted by Crippen LogP contribution is -1.97. The highest BCUT2D eigenvalue weighted by molar-refractivity contribution is 6.20. The molecule has 64 heavy (non-hydrogen) atoms. The standard InChI is InChI=1S/C62H40N2/c1-3-14-41(15-4-1)48-20-13-21-50(38-48)60-40-59(46-17-5-2-6-18-46)63-62(64-60)57-37-36-52(54-24-11-12-25-55(54)57)45-30-26-42(27-31-45)43-28-32-47(33-29-43)61-53-23-10-8-19-49(53)39-58-51-22-9-7-16-44(51)34-35-56(58)61/h1-40H. The van der Waals surface area contributed by atoms with Crippen LogP contribution >= 0.6 is 0 Å². The summed E-state index contributed by atoms with van der Waals surface area (Å²) in [6.45, 7) is 0. The third-order valence-electron chi connectivity index (χ3n) is 12.7. The number of aromatic nitrogens is 2. The second kappa shape index (κ2) is 15.8. The molecule has 11 aromatic carbocycles. The summed E-state index contributed by atoms with van der Waals surface area (Å²) >= 11 is 0. The summed E-state index contributed by atoms with van der Waals surface area (Å²) < 4.78 is 0. The van der Waals surface area contributed by atoms with E-state index < -0.39 is 0 Å². The van der Waals surface area contributed by atoms with Gasteiger partial charge in [-0.2, -0.15) is 0 Å². The van der Waals surface area contributed by atoms with Crippen molar-refractivity contribution in [3.8, 4) is 78.4 Å². The first-order chi connectivity index (χ1) is 31.7. The summed E-state index contributed by atoms with van der Waals surface area (Å²) in [7, 11) is 0. The lowest BCUT2D eigenvalue weighted by atomic mass is 9.89. The molecular formula is C62H40N2. The van der Waals surface area contributed by atoms with Gasteiger partial charge >= 0.3 is 0 Å². The van der Waals surface area contributed by atoms with E-state index in [-0.39, 0.29) is 0 Å². The molecular weight excluding hydrogens is 773 g/mol. The number of rotatable bonds is 7. The molecule has 0 saturated carbocycles. The minimum Gasteiger partial charge on any atom is -0.228 e. The molecule has 12 aromatic rings. The van der Waals surface area contributed by atoms with Gasteiger partial charge in [0.2, 0.25) is 0 Å². The molecule has 0 aliphatic heterocycles. The Balaban J connectivity index is 0.901. The van der Waals surface area contributed by atoms with Crippen LogP contribution in [0, 0.1) is 0 Å². The summed E-state index contributed by atoms with van der Waals surface area (Å²) in [5, 5.41) is 9.90. The maximum absolute atomic E-state index is 5.29. The summed E-state index contributed by atoms with van der Waals surface area (Å²) in [6.07, 6.45) is 0. The maximum Gasteiger partial charge on any atom is 0.161 e. The minimum atomic E-state index is 0.702. The zero-order valence-corrected chi connectivity index (χ0v) is 35.0. The minimum absolute atomic E-state index is 0.702. The van der Waals surface area contributed by atoms with Crippen molar-refractivity contribution in [1.29, 1.82) is 0 Å². The molecule has 1 heterocycles. The molecule has 0 radical (unpaired) electrons. The summed E-state index contributed by atoms with van der Waals surface area (Å²) in [5.41, 5.74) is 14.4. The van der Waals surface area contributed by atoms with Crippen molar-refractivity contribution in [2.24, 2.45) is 0 Å². The second-order valence-electron chi connectivity index (χ2n) is 16.5. The Morgan fingerprint density at radius 2 is 0.719 bits per heavy atom. The molecule has 0 amide bonds. The molecule has 298 valence electrons. The lowest BCUT2D eigenvalue weighted by Gasteiger charge is -2.15. The Morgan fingerprint density at radius 1 is 0.219 bits per heavy atom. The van der Waals surface area contributed by atoms with Crippen LogP contribution in [0.25, 0.3) is 122 Å². The number of hydrogen-bond donors (Lipinski definition) is 0. The highest BCUT2D eigenvalue weighted by Crippen LogP contribution is 2.41. The van der Waals surface area contributed by atoms with Gasteiger partial charge in [0, 0.05) is 16.7 Å².